The van der Waals surface area contributed by atoms with E-state index >= 15 is 4.39 Å². The second kappa shape index (κ2) is 9.84. The van der Waals surface area contributed by atoms with Crippen molar-refractivity contribution in [3.05, 3.63) is 101 Å². The van der Waals surface area contributed by atoms with Gasteiger partial charge in [-0.3, -0.25) is 0 Å². The summed E-state index contributed by atoms with van der Waals surface area (Å²) in [5.74, 6) is -0.892. The van der Waals surface area contributed by atoms with E-state index in [1.165, 1.54) is 6.07 Å². The van der Waals surface area contributed by atoms with Crippen molar-refractivity contribution in [1.82, 2.24) is 0 Å². The largest absolute Gasteiger partial charge is 0.494 e. The molecule has 0 atom stereocenters. The summed E-state index contributed by atoms with van der Waals surface area (Å²) in [7, 11) is 0. The number of hydrogen-bond acceptors (Lipinski definition) is 1. The number of rotatable bonds is 7. The van der Waals surface area contributed by atoms with E-state index in [1.807, 2.05) is 49.4 Å². The molecule has 4 aromatic rings. The van der Waals surface area contributed by atoms with Crippen molar-refractivity contribution >= 4 is 10.8 Å². The standard InChI is InChI=1S/C28H23F5O/c1-2-15-34-23-11-8-19(9-12-23)21-10-13-24-22(17-21)7-6-20(27(24)30)5-3-18-4-14-25(26(29)16-18)28(31,32)33/h4,6-14,16-17H,2-3,5,15H2,1H3. The minimum Gasteiger partial charge on any atom is -0.494 e. The Hall–Kier alpha value is -3.41. The summed E-state index contributed by atoms with van der Waals surface area (Å²) in [4.78, 5) is 0. The van der Waals surface area contributed by atoms with Crippen LogP contribution in [0, 0.1) is 11.6 Å². The molecule has 0 radical (unpaired) electrons. The molecule has 0 amide bonds. The molecular formula is C28H23F5O. The topological polar surface area (TPSA) is 9.23 Å². The van der Waals surface area contributed by atoms with Crippen LogP contribution in [-0.4, -0.2) is 6.61 Å². The molecule has 0 fully saturated rings. The van der Waals surface area contributed by atoms with Gasteiger partial charge >= 0.3 is 6.18 Å². The highest BCUT2D eigenvalue weighted by Crippen LogP contribution is 2.32. The summed E-state index contributed by atoms with van der Waals surface area (Å²) in [5, 5.41) is 1.20. The van der Waals surface area contributed by atoms with Crippen LogP contribution in [0.1, 0.15) is 30.0 Å². The van der Waals surface area contributed by atoms with E-state index in [2.05, 4.69) is 0 Å². The molecule has 0 bridgehead atoms. The van der Waals surface area contributed by atoms with Crippen molar-refractivity contribution in [2.45, 2.75) is 32.4 Å². The summed E-state index contributed by atoms with van der Waals surface area (Å²) in [6.45, 7) is 2.70. The zero-order chi connectivity index (χ0) is 24.3. The van der Waals surface area contributed by atoms with Crippen LogP contribution in [0.4, 0.5) is 22.0 Å². The number of hydrogen-bond donors (Lipinski definition) is 0. The van der Waals surface area contributed by atoms with Crippen LogP contribution in [0.3, 0.4) is 0 Å². The highest BCUT2D eigenvalue weighted by molar-refractivity contribution is 5.88. The molecule has 4 aromatic carbocycles. The van der Waals surface area contributed by atoms with Crippen molar-refractivity contribution in [2.24, 2.45) is 0 Å². The Kier molecular flexibility index (Phi) is 6.87. The fourth-order valence-corrected chi connectivity index (χ4v) is 3.90. The number of alkyl halides is 3. The summed E-state index contributed by atoms with van der Waals surface area (Å²) in [6, 6.07) is 19.5. The van der Waals surface area contributed by atoms with Gasteiger partial charge in [-0.2, -0.15) is 13.2 Å². The third-order valence-corrected chi connectivity index (χ3v) is 5.72. The fraction of sp³-hybridized carbons (Fsp3) is 0.214. The SMILES string of the molecule is CCCOc1ccc(-c2ccc3c(F)c(CCc4ccc(C(F)(F)F)c(F)c4)ccc3c2)cc1. The molecular weight excluding hydrogens is 447 g/mol. The molecule has 0 aliphatic rings. The lowest BCUT2D eigenvalue weighted by Crippen LogP contribution is -2.08. The van der Waals surface area contributed by atoms with Gasteiger partial charge in [0.25, 0.3) is 0 Å². The maximum absolute atomic E-state index is 15.1. The molecule has 0 heterocycles. The van der Waals surface area contributed by atoms with E-state index in [4.69, 9.17) is 4.74 Å². The molecule has 0 N–H and O–H groups in total. The van der Waals surface area contributed by atoms with E-state index in [1.54, 1.807) is 12.1 Å². The van der Waals surface area contributed by atoms with Gasteiger partial charge in [0.15, 0.2) is 0 Å². The Bertz CT molecular complexity index is 1290. The van der Waals surface area contributed by atoms with Crippen LogP contribution in [0.5, 0.6) is 5.75 Å². The lowest BCUT2D eigenvalue weighted by Gasteiger charge is -2.11. The van der Waals surface area contributed by atoms with E-state index in [-0.39, 0.29) is 18.7 Å². The molecule has 0 saturated heterocycles. The molecule has 0 spiro atoms. The summed E-state index contributed by atoms with van der Waals surface area (Å²) in [6.07, 6.45) is -3.34. The van der Waals surface area contributed by atoms with Crippen molar-refractivity contribution in [2.75, 3.05) is 6.61 Å². The Balaban J connectivity index is 1.51. The van der Waals surface area contributed by atoms with Crippen LogP contribution >= 0.6 is 0 Å². The second-order valence-corrected chi connectivity index (χ2v) is 8.16. The Labute approximate surface area is 194 Å². The number of aryl methyl sites for hydroxylation is 2. The Morgan fingerprint density at radius 3 is 2.18 bits per heavy atom. The average Bonchev–Trinajstić information content (AvgIpc) is 2.81. The monoisotopic (exact) mass is 470 g/mol. The van der Waals surface area contributed by atoms with E-state index in [0.29, 0.717) is 23.1 Å². The van der Waals surface area contributed by atoms with Gasteiger partial charge in [0.2, 0.25) is 0 Å². The van der Waals surface area contributed by atoms with Gasteiger partial charge in [-0.25, -0.2) is 8.78 Å². The summed E-state index contributed by atoms with van der Waals surface area (Å²) in [5.41, 5.74) is 1.44. The van der Waals surface area contributed by atoms with E-state index in [0.717, 1.165) is 40.8 Å². The van der Waals surface area contributed by atoms with Gasteiger partial charge in [-0.15, -0.1) is 0 Å². The first kappa shape index (κ1) is 23.7. The maximum Gasteiger partial charge on any atom is 0.419 e. The minimum atomic E-state index is -4.74. The van der Waals surface area contributed by atoms with E-state index in [9.17, 15) is 17.6 Å². The molecule has 0 aromatic heterocycles. The molecule has 0 aliphatic heterocycles. The normalized spacial score (nSPS) is 11.7. The maximum atomic E-state index is 15.1. The van der Waals surface area contributed by atoms with Crippen molar-refractivity contribution in [3.8, 4) is 16.9 Å². The third kappa shape index (κ3) is 5.22. The van der Waals surface area contributed by atoms with Crippen LogP contribution in [0.2, 0.25) is 0 Å². The lowest BCUT2D eigenvalue weighted by molar-refractivity contribution is -0.140. The smallest absolute Gasteiger partial charge is 0.419 e. The number of benzene rings is 4. The molecule has 176 valence electrons. The van der Waals surface area contributed by atoms with Crippen LogP contribution in [0.15, 0.2) is 72.8 Å². The van der Waals surface area contributed by atoms with Gasteiger partial charge in [-0.1, -0.05) is 49.4 Å². The summed E-state index contributed by atoms with van der Waals surface area (Å²) >= 11 is 0. The minimum absolute atomic E-state index is 0.224. The average molecular weight is 470 g/mol. The molecule has 34 heavy (non-hydrogen) atoms. The first-order valence-corrected chi connectivity index (χ1v) is 11.1. The molecule has 0 aliphatic carbocycles. The molecule has 6 heteroatoms. The van der Waals surface area contributed by atoms with E-state index < -0.39 is 17.6 Å². The first-order chi connectivity index (χ1) is 16.3. The highest BCUT2D eigenvalue weighted by Gasteiger charge is 2.33. The summed E-state index contributed by atoms with van der Waals surface area (Å²) < 4.78 is 72.8. The van der Waals surface area contributed by atoms with Gasteiger partial charge < -0.3 is 4.74 Å². The lowest BCUT2D eigenvalue weighted by atomic mass is 9.97. The Morgan fingerprint density at radius 1 is 0.765 bits per heavy atom. The van der Waals surface area contributed by atoms with Crippen LogP contribution < -0.4 is 4.74 Å². The molecule has 1 nitrogen and oxygen atoms in total. The van der Waals surface area contributed by atoms with Gasteiger partial charge in [0.05, 0.1) is 12.2 Å². The van der Waals surface area contributed by atoms with Gasteiger partial charge in [-0.05, 0) is 77.2 Å². The quantitative estimate of drug-likeness (QED) is 0.247. The molecule has 0 unspecified atom stereocenters. The molecule has 0 saturated carbocycles. The predicted octanol–water partition coefficient (Wildman–Crippen LogP) is 8.38. The van der Waals surface area contributed by atoms with Crippen molar-refractivity contribution in [1.29, 1.82) is 0 Å². The van der Waals surface area contributed by atoms with Gasteiger partial charge in [0, 0.05) is 5.39 Å². The number of halogens is 5. The predicted molar refractivity (Wildman–Crippen MR) is 124 cm³/mol. The van der Waals surface area contributed by atoms with Crippen molar-refractivity contribution < 1.29 is 26.7 Å². The van der Waals surface area contributed by atoms with Crippen molar-refractivity contribution in [3.63, 3.8) is 0 Å². The fourth-order valence-electron chi connectivity index (χ4n) is 3.90. The number of fused-ring (bicyclic) bond motifs is 1. The zero-order valence-electron chi connectivity index (χ0n) is 18.6. The van der Waals surface area contributed by atoms with Crippen LogP contribution in [-0.2, 0) is 19.0 Å². The van der Waals surface area contributed by atoms with Gasteiger partial charge in [0.1, 0.15) is 17.4 Å². The molecule has 4 rings (SSSR count). The first-order valence-electron chi connectivity index (χ1n) is 11.1. The Morgan fingerprint density at radius 2 is 1.50 bits per heavy atom. The highest BCUT2D eigenvalue weighted by atomic mass is 19.4. The zero-order valence-corrected chi connectivity index (χ0v) is 18.6. The second-order valence-electron chi connectivity index (χ2n) is 8.16. The third-order valence-electron chi connectivity index (χ3n) is 5.72. The van der Waals surface area contributed by atoms with Crippen LogP contribution in [0.25, 0.3) is 21.9 Å². The number of ether oxygens (including phenoxy) is 1.